The first kappa shape index (κ1) is 26.6. The number of rotatable bonds is 9. The number of nitrogens with one attached hydrogen (secondary N) is 2. The highest BCUT2D eigenvalue weighted by molar-refractivity contribution is 7.93. The minimum atomic E-state index is -3.49. The predicted octanol–water partition coefficient (Wildman–Crippen LogP) is 3.08. The first-order valence-electron chi connectivity index (χ1n) is 13.7. The maximum absolute atomic E-state index is 14.1. The van der Waals surface area contributed by atoms with E-state index in [1.807, 2.05) is 31.2 Å². The molecule has 1 aromatic carbocycles. The van der Waals surface area contributed by atoms with Crippen molar-refractivity contribution in [3.05, 3.63) is 54.7 Å². The molecule has 2 aliphatic carbocycles. The number of hydrogen-bond donors (Lipinski definition) is 2. The number of sulfonamides is 1. The average molecular weight is 564 g/mol. The summed E-state index contributed by atoms with van der Waals surface area (Å²) in [7, 11) is -1.39. The first-order chi connectivity index (χ1) is 19.3. The summed E-state index contributed by atoms with van der Waals surface area (Å²) in [5.41, 5.74) is 1.83. The summed E-state index contributed by atoms with van der Waals surface area (Å²) in [6.07, 6.45) is 7.17. The van der Waals surface area contributed by atoms with Gasteiger partial charge in [0.15, 0.2) is 0 Å². The van der Waals surface area contributed by atoms with Gasteiger partial charge in [-0.1, -0.05) is 12.1 Å². The Labute approximate surface area is 233 Å². The molecule has 0 bridgehead atoms. The fraction of sp³-hybridized carbons (Fsp3) is 0.464. The van der Waals surface area contributed by atoms with Crippen LogP contribution in [0.2, 0.25) is 0 Å². The normalized spacial score (nSPS) is 24.4. The molecule has 1 aliphatic heterocycles. The van der Waals surface area contributed by atoms with Gasteiger partial charge in [0.2, 0.25) is 21.8 Å². The molecule has 40 heavy (non-hydrogen) atoms. The van der Waals surface area contributed by atoms with E-state index in [1.54, 1.807) is 18.5 Å². The molecular weight excluding hydrogens is 530 g/mol. The van der Waals surface area contributed by atoms with Gasteiger partial charge in [-0.3, -0.25) is 14.5 Å². The lowest BCUT2D eigenvalue weighted by Crippen LogP contribution is -2.40. The summed E-state index contributed by atoms with van der Waals surface area (Å²) >= 11 is 0. The van der Waals surface area contributed by atoms with Gasteiger partial charge in [0.1, 0.15) is 12.1 Å². The number of carbonyl (C=O) groups excluding carboxylic acids is 1. The summed E-state index contributed by atoms with van der Waals surface area (Å²) in [5.74, 6) is 1.23. The van der Waals surface area contributed by atoms with Crippen LogP contribution in [0.1, 0.15) is 38.3 Å². The Bertz CT molecular complexity index is 1500. The highest BCUT2D eigenvalue weighted by atomic mass is 32.2. The second-order valence-corrected chi connectivity index (χ2v) is 13.0. The molecule has 210 valence electrons. The van der Waals surface area contributed by atoms with Gasteiger partial charge in [0.25, 0.3) is 0 Å². The summed E-state index contributed by atoms with van der Waals surface area (Å²) in [6, 6.07) is 9.09. The van der Waals surface area contributed by atoms with E-state index in [-0.39, 0.29) is 17.0 Å². The van der Waals surface area contributed by atoms with Crippen LogP contribution in [0.15, 0.2) is 49.1 Å². The van der Waals surface area contributed by atoms with E-state index in [4.69, 9.17) is 4.74 Å². The smallest absolute Gasteiger partial charge is 0.236 e. The topological polar surface area (TPSA) is 139 Å². The molecule has 3 fully saturated rings. The molecule has 1 saturated heterocycles. The summed E-state index contributed by atoms with van der Waals surface area (Å²) < 4.78 is 33.2. The summed E-state index contributed by atoms with van der Waals surface area (Å²) in [4.78, 5) is 33.7. The molecule has 3 aromatic rings. The van der Waals surface area contributed by atoms with Crippen molar-refractivity contribution in [2.24, 2.45) is 11.8 Å². The van der Waals surface area contributed by atoms with Crippen molar-refractivity contribution in [2.45, 2.75) is 43.3 Å². The maximum Gasteiger partial charge on any atom is 0.236 e. The Hall–Kier alpha value is -3.64. The third-order valence-electron chi connectivity index (χ3n) is 8.13. The Morgan fingerprint density at radius 3 is 2.50 bits per heavy atom. The number of likely N-dealkylation sites (tertiary alicyclic amines) is 1. The van der Waals surface area contributed by atoms with Gasteiger partial charge in [-0.2, -0.15) is 0 Å². The molecule has 0 radical (unpaired) electrons. The van der Waals surface area contributed by atoms with Gasteiger partial charge in [0.05, 0.1) is 41.1 Å². The number of nitrogens with zero attached hydrogens (tertiary/aromatic N) is 5. The third kappa shape index (κ3) is 5.25. The van der Waals surface area contributed by atoms with Crippen molar-refractivity contribution in [1.29, 1.82) is 0 Å². The van der Waals surface area contributed by atoms with Crippen LogP contribution in [-0.4, -0.2) is 71.2 Å². The Morgan fingerprint density at radius 1 is 1.10 bits per heavy atom. The van der Waals surface area contributed by atoms with E-state index in [0.29, 0.717) is 67.1 Å². The van der Waals surface area contributed by atoms with Crippen molar-refractivity contribution < 1.29 is 17.9 Å². The maximum atomic E-state index is 14.1. The molecule has 12 heteroatoms. The number of fused-ring (bicyclic) bond motifs is 1. The van der Waals surface area contributed by atoms with Crippen LogP contribution in [0.5, 0.6) is 5.88 Å². The average Bonchev–Trinajstić information content (AvgIpc) is 3.66. The van der Waals surface area contributed by atoms with E-state index in [9.17, 15) is 13.2 Å². The molecular formula is C28H33N7O4S. The number of aromatic nitrogens is 4. The lowest BCUT2D eigenvalue weighted by Gasteiger charge is -2.29. The van der Waals surface area contributed by atoms with Gasteiger partial charge in [-0.25, -0.2) is 23.4 Å². The highest BCUT2D eigenvalue weighted by Gasteiger charge is 2.54. The summed E-state index contributed by atoms with van der Waals surface area (Å²) in [5, 5.41) is 2.74. The number of hydrogen-bond acceptors (Lipinski definition) is 9. The minimum absolute atomic E-state index is 0.148. The van der Waals surface area contributed by atoms with Crippen LogP contribution in [0.25, 0.3) is 11.3 Å². The zero-order valence-corrected chi connectivity index (χ0v) is 23.4. The molecule has 2 aromatic heterocycles. The minimum Gasteiger partial charge on any atom is -0.477 e. The van der Waals surface area contributed by atoms with Crippen molar-refractivity contribution >= 4 is 27.4 Å². The Morgan fingerprint density at radius 2 is 1.82 bits per heavy atom. The molecule has 3 aliphatic rings. The van der Waals surface area contributed by atoms with Crippen molar-refractivity contribution in [3.8, 4) is 17.1 Å². The standard InChI is InChI=1S/C28H33N7O4S/c1-3-39-26-14-29-13-23(33-26)18-4-6-21(7-5-18)32-27(36)28(11-19-15-35(2)16-20(19)12-28)24-10-25(31-17-30-24)34-40(37,38)22-8-9-22/h4-7,10,13-14,17,19-20,22H,3,8-9,11-12,15-16H2,1-2H3,(H,32,36)(H,30,31,34). The molecule has 2 atom stereocenters. The number of amides is 1. The fourth-order valence-corrected chi connectivity index (χ4v) is 7.41. The van der Waals surface area contributed by atoms with Crippen LogP contribution in [0, 0.1) is 11.8 Å². The van der Waals surface area contributed by atoms with Crippen LogP contribution in [0.3, 0.4) is 0 Å². The molecule has 2 N–H and O–H groups in total. The van der Waals surface area contributed by atoms with Gasteiger partial charge in [0, 0.05) is 30.4 Å². The van der Waals surface area contributed by atoms with Gasteiger partial charge in [-0.15, -0.1) is 0 Å². The number of carbonyl (C=O) groups is 1. The molecule has 0 spiro atoms. The van der Waals surface area contributed by atoms with E-state index in [1.165, 1.54) is 6.33 Å². The van der Waals surface area contributed by atoms with E-state index >= 15 is 0 Å². The second kappa shape index (κ2) is 10.4. The largest absolute Gasteiger partial charge is 0.477 e. The Balaban J connectivity index is 1.26. The third-order valence-corrected chi connectivity index (χ3v) is 9.97. The van der Waals surface area contributed by atoms with E-state index < -0.39 is 15.4 Å². The molecule has 11 nitrogen and oxygen atoms in total. The fourth-order valence-electron chi connectivity index (χ4n) is 6.09. The monoisotopic (exact) mass is 563 g/mol. The van der Waals surface area contributed by atoms with Crippen molar-refractivity contribution in [2.75, 3.05) is 36.8 Å². The molecule has 6 rings (SSSR count). The Kier molecular flexibility index (Phi) is 6.91. The van der Waals surface area contributed by atoms with E-state index in [2.05, 4.69) is 41.9 Å². The van der Waals surface area contributed by atoms with Crippen LogP contribution < -0.4 is 14.8 Å². The van der Waals surface area contributed by atoms with E-state index in [0.717, 1.165) is 18.7 Å². The SMILES string of the molecule is CCOc1cncc(-c2ccc(NC(=O)C3(c4cc(NS(=O)(=O)C5CC5)ncn4)CC4CN(C)CC4C3)cc2)n1. The molecule has 1 amide bonds. The van der Waals surface area contributed by atoms with Crippen molar-refractivity contribution in [3.63, 3.8) is 0 Å². The molecule has 3 heterocycles. The number of benzene rings is 1. The lowest BCUT2D eigenvalue weighted by molar-refractivity contribution is -0.121. The molecule has 2 saturated carbocycles. The zero-order valence-electron chi connectivity index (χ0n) is 22.6. The second-order valence-electron chi connectivity index (χ2n) is 11.1. The van der Waals surface area contributed by atoms with Gasteiger partial charge in [-0.05, 0) is 63.6 Å². The highest BCUT2D eigenvalue weighted by Crippen LogP contribution is 2.50. The van der Waals surface area contributed by atoms with Gasteiger partial charge < -0.3 is 15.0 Å². The summed E-state index contributed by atoms with van der Waals surface area (Å²) in [6.45, 7) is 4.23. The van der Waals surface area contributed by atoms with Crippen LogP contribution in [0.4, 0.5) is 11.5 Å². The zero-order chi connectivity index (χ0) is 27.9. The predicted molar refractivity (Wildman–Crippen MR) is 150 cm³/mol. The molecule has 2 unspecified atom stereocenters. The lowest BCUT2D eigenvalue weighted by atomic mass is 9.79. The number of anilines is 2. The van der Waals surface area contributed by atoms with Gasteiger partial charge >= 0.3 is 0 Å². The quantitative estimate of drug-likeness (QED) is 0.402. The first-order valence-corrected chi connectivity index (χ1v) is 15.2. The van der Waals surface area contributed by atoms with Crippen LogP contribution >= 0.6 is 0 Å². The number of ether oxygens (including phenoxy) is 1. The van der Waals surface area contributed by atoms with Crippen LogP contribution in [-0.2, 0) is 20.2 Å². The van der Waals surface area contributed by atoms with Crippen molar-refractivity contribution in [1.82, 2.24) is 24.8 Å².